The van der Waals surface area contributed by atoms with E-state index in [-0.39, 0.29) is 55.5 Å². The van der Waals surface area contributed by atoms with Gasteiger partial charge in [-0.1, -0.05) is 41.9 Å². The third-order valence-corrected chi connectivity index (χ3v) is 5.25. The highest BCUT2D eigenvalue weighted by Gasteiger charge is 2.21. The third kappa shape index (κ3) is 5.85. The lowest BCUT2D eigenvalue weighted by atomic mass is 10.2. The van der Waals surface area contributed by atoms with E-state index in [0.29, 0.717) is 10.9 Å². The van der Waals surface area contributed by atoms with Crippen molar-refractivity contribution in [2.75, 3.05) is 19.7 Å². The smallest absolute Gasteiger partial charge is 0.269 e. The fraction of sp³-hybridized carbons (Fsp3) is 0.273. The van der Waals surface area contributed by atoms with Crippen molar-refractivity contribution in [3.8, 4) is 0 Å². The second kappa shape index (κ2) is 10.9. The van der Waals surface area contributed by atoms with Gasteiger partial charge in [0.1, 0.15) is 12.4 Å². The van der Waals surface area contributed by atoms with Gasteiger partial charge >= 0.3 is 0 Å². The predicted octanol–water partition coefficient (Wildman–Crippen LogP) is 1.46. The van der Waals surface area contributed by atoms with Crippen LogP contribution < -0.4 is 11.1 Å². The number of primary amides is 1. The SMILES string of the molecule is NC(=O)c1nn(CC(=O)N(CCCO)CC(=O)NCc2cccc(Cl)c2F)c2ccccc12. The molecule has 0 fully saturated rings. The van der Waals surface area contributed by atoms with Gasteiger partial charge in [-0.3, -0.25) is 19.1 Å². The molecule has 11 heteroatoms. The summed E-state index contributed by atoms with van der Waals surface area (Å²) < 4.78 is 15.4. The number of aliphatic hydroxyl groups excluding tert-OH is 1. The molecule has 0 aliphatic carbocycles. The quantitative estimate of drug-likeness (QED) is 0.408. The van der Waals surface area contributed by atoms with Gasteiger partial charge in [0, 0.05) is 30.6 Å². The summed E-state index contributed by atoms with van der Waals surface area (Å²) in [4.78, 5) is 38.4. The maximum Gasteiger partial charge on any atom is 0.269 e. The van der Waals surface area contributed by atoms with Crippen molar-refractivity contribution in [2.45, 2.75) is 19.5 Å². The van der Waals surface area contributed by atoms with Crippen molar-refractivity contribution in [3.63, 3.8) is 0 Å². The van der Waals surface area contributed by atoms with Crippen LogP contribution in [0.2, 0.25) is 5.02 Å². The zero-order valence-corrected chi connectivity index (χ0v) is 18.4. The van der Waals surface area contributed by atoms with Crippen molar-refractivity contribution >= 4 is 40.2 Å². The Morgan fingerprint density at radius 3 is 2.67 bits per heavy atom. The second-order valence-corrected chi connectivity index (χ2v) is 7.68. The molecule has 174 valence electrons. The number of hydrogen-bond acceptors (Lipinski definition) is 5. The van der Waals surface area contributed by atoms with Crippen molar-refractivity contribution in [1.82, 2.24) is 20.0 Å². The van der Waals surface area contributed by atoms with E-state index in [0.717, 1.165) is 0 Å². The molecule has 0 bridgehead atoms. The molecule has 3 rings (SSSR count). The summed E-state index contributed by atoms with van der Waals surface area (Å²) in [6, 6.07) is 11.3. The van der Waals surface area contributed by atoms with Crippen LogP contribution in [0, 0.1) is 5.82 Å². The average Bonchev–Trinajstić information content (AvgIpc) is 3.16. The van der Waals surface area contributed by atoms with Gasteiger partial charge in [-0.25, -0.2) is 4.39 Å². The molecule has 0 spiro atoms. The van der Waals surface area contributed by atoms with E-state index in [1.54, 1.807) is 30.3 Å². The lowest BCUT2D eigenvalue weighted by Gasteiger charge is -2.22. The van der Waals surface area contributed by atoms with Crippen LogP contribution in [0.1, 0.15) is 22.5 Å². The number of hydrogen-bond donors (Lipinski definition) is 3. The molecular formula is C22H23ClFN5O4. The van der Waals surface area contributed by atoms with Crippen LogP contribution in [-0.2, 0) is 22.7 Å². The second-order valence-electron chi connectivity index (χ2n) is 7.27. The first-order chi connectivity index (χ1) is 15.8. The first kappa shape index (κ1) is 24.1. The number of nitrogens with one attached hydrogen (secondary N) is 1. The van der Waals surface area contributed by atoms with Crippen LogP contribution in [0.3, 0.4) is 0 Å². The number of halogens is 2. The van der Waals surface area contributed by atoms with Crippen LogP contribution in [0.4, 0.5) is 4.39 Å². The number of fused-ring (bicyclic) bond motifs is 1. The van der Waals surface area contributed by atoms with E-state index < -0.39 is 23.5 Å². The fourth-order valence-electron chi connectivity index (χ4n) is 3.32. The van der Waals surface area contributed by atoms with Crippen molar-refractivity contribution in [3.05, 3.63) is 64.6 Å². The number of carbonyl (C=O) groups is 3. The summed E-state index contributed by atoms with van der Waals surface area (Å²) in [6.45, 7) is -0.691. The van der Waals surface area contributed by atoms with Crippen LogP contribution in [0.5, 0.6) is 0 Å². The Kier molecular flexibility index (Phi) is 7.96. The van der Waals surface area contributed by atoms with Crippen molar-refractivity contribution in [2.24, 2.45) is 5.73 Å². The monoisotopic (exact) mass is 475 g/mol. The van der Waals surface area contributed by atoms with Crippen LogP contribution in [0.25, 0.3) is 10.9 Å². The van der Waals surface area contributed by atoms with E-state index in [2.05, 4.69) is 10.4 Å². The number of amides is 3. The minimum Gasteiger partial charge on any atom is -0.396 e. The molecule has 0 aliphatic rings. The highest BCUT2D eigenvalue weighted by Crippen LogP contribution is 2.19. The van der Waals surface area contributed by atoms with E-state index in [1.807, 2.05) is 0 Å². The Balaban J connectivity index is 1.71. The molecule has 0 atom stereocenters. The molecule has 3 aromatic rings. The maximum atomic E-state index is 14.0. The van der Waals surface area contributed by atoms with Crippen LogP contribution in [-0.4, -0.2) is 57.2 Å². The standard InChI is InChI=1S/C22H23ClFN5O4/c23-16-7-3-5-14(20(16)24)11-26-18(31)12-28(9-4-10-30)19(32)13-29-17-8-2-1-6-15(17)21(27-29)22(25)33/h1-3,5-8,30H,4,9-13H2,(H2,25,33)(H,26,31). The van der Waals surface area contributed by atoms with Gasteiger partial charge in [-0.15, -0.1) is 0 Å². The van der Waals surface area contributed by atoms with Gasteiger partial charge in [0.05, 0.1) is 17.1 Å². The molecule has 4 N–H and O–H groups in total. The van der Waals surface area contributed by atoms with Crippen LogP contribution >= 0.6 is 11.6 Å². The molecule has 9 nitrogen and oxygen atoms in total. The zero-order valence-electron chi connectivity index (χ0n) is 17.6. The molecule has 1 aromatic heterocycles. The molecule has 0 saturated carbocycles. The molecule has 33 heavy (non-hydrogen) atoms. The Hall–Kier alpha value is -3.50. The Morgan fingerprint density at radius 2 is 1.94 bits per heavy atom. The first-order valence-electron chi connectivity index (χ1n) is 10.2. The molecule has 2 aromatic carbocycles. The number of carbonyl (C=O) groups excluding carboxylic acids is 3. The van der Waals surface area contributed by atoms with Gasteiger partial charge in [-0.2, -0.15) is 5.10 Å². The van der Waals surface area contributed by atoms with Gasteiger partial charge < -0.3 is 21.1 Å². The Labute approximate surface area is 193 Å². The number of benzene rings is 2. The largest absolute Gasteiger partial charge is 0.396 e. The number of para-hydroxylation sites is 1. The molecule has 0 aliphatic heterocycles. The number of aliphatic hydroxyl groups is 1. The summed E-state index contributed by atoms with van der Waals surface area (Å²) in [7, 11) is 0. The highest BCUT2D eigenvalue weighted by molar-refractivity contribution is 6.30. The van der Waals surface area contributed by atoms with E-state index in [9.17, 15) is 23.9 Å². The summed E-state index contributed by atoms with van der Waals surface area (Å²) >= 11 is 5.75. The third-order valence-electron chi connectivity index (χ3n) is 4.96. The summed E-state index contributed by atoms with van der Waals surface area (Å²) in [6.07, 6.45) is 0.258. The summed E-state index contributed by atoms with van der Waals surface area (Å²) in [5.41, 5.74) is 6.19. The molecule has 0 radical (unpaired) electrons. The normalized spacial score (nSPS) is 10.9. The number of aromatic nitrogens is 2. The number of nitrogens with two attached hydrogens (primary N) is 1. The first-order valence-corrected chi connectivity index (χ1v) is 10.5. The Morgan fingerprint density at radius 1 is 1.18 bits per heavy atom. The highest BCUT2D eigenvalue weighted by atomic mass is 35.5. The van der Waals surface area contributed by atoms with E-state index >= 15 is 0 Å². The van der Waals surface area contributed by atoms with Gasteiger partial charge in [-0.05, 0) is 18.6 Å². The molecule has 0 unspecified atom stereocenters. The lowest BCUT2D eigenvalue weighted by Crippen LogP contribution is -2.42. The maximum absolute atomic E-state index is 14.0. The fourth-order valence-corrected chi connectivity index (χ4v) is 3.51. The van der Waals surface area contributed by atoms with Gasteiger partial charge in [0.15, 0.2) is 5.69 Å². The number of nitrogens with zero attached hydrogens (tertiary/aromatic N) is 3. The average molecular weight is 476 g/mol. The van der Waals surface area contributed by atoms with E-state index in [1.165, 1.54) is 21.7 Å². The van der Waals surface area contributed by atoms with Crippen molar-refractivity contribution in [1.29, 1.82) is 0 Å². The Bertz CT molecular complexity index is 1180. The van der Waals surface area contributed by atoms with Gasteiger partial charge in [0.25, 0.3) is 5.91 Å². The van der Waals surface area contributed by atoms with Crippen molar-refractivity contribution < 1.29 is 23.9 Å². The summed E-state index contributed by atoms with van der Waals surface area (Å²) in [5.74, 6) is -2.30. The molecule has 0 saturated heterocycles. The molecule has 1 heterocycles. The van der Waals surface area contributed by atoms with Gasteiger partial charge in [0.2, 0.25) is 11.8 Å². The molecular weight excluding hydrogens is 453 g/mol. The number of rotatable bonds is 10. The zero-order chi connectivity index (χ0) is 24.0. The predicted molar refractivity (Wildman–Crippen MR) is 120 cm³/mol. The minimum atomic E-state index is -0.720. The topological polar surface area (TPSA) is 131 Å². The molecule has 3 amide bonds. The van der Waals surface area contributed by atoms with E-state index in [4.69, 9.17) is 17.3 Å². The minimum absolute atomic E-state index is 0.0431. The lowest BCUT2D eigenvalue weighted by molar-refractivity contribution is -0.136. The summed E-state index contributed by atoms with van der Waals surface area (Å²) in [5, 5.41) is 16.4. The van der Waals surface area contributed by atoms with Crippen LogP contribution in [0.15, 0.2) is 42.5 Å².